The number of amides is 1. The molecule has 0 radical (unpaired) electrons. The molecule has 0 aliphatic carbocycles. The second kappa shape index (κ2) is 11.4. The van der Waals surface area contributed by atoms with Gasteiger partial charge in [0.05, 0.1) is 12.0 Å². The maximum atomic E-state index is 13.0. The molecule has 6 nitrogen and oxygen atoms in total. The molecular formula is C26H37NO5. The van der Waals surface area contributed by atoms with Crippen molar-refractivity contribution in [2.24, 2.45) is 23.7 Å². The number of allylic oxidation sites excluding steroid dienone is 1. The van der Waals surface area contributed by atoms with Crippen LogP contribution in [-0.2, 0) is 25.5 Å². The van der Waals surface area contributed by atoms with Crippen molar-refractivity contribution in [1.82, 2.24) is 5.32 Å². The van der Waals surface area contributed by atoms with Crippen LogP contribution >= 0.6 is 0 Å². The van der Waals surface area contributed by atoms with Gasteiger partial charge in [0, 0.05) is 12.3 Å². The highest BCUT2D eigenvalue weighted by molar-refractivity contribution is 6.03. The Morgan fingerprint density at radius 1 is 1.03 bits per heavy atom. The van der Waals surface area contributed by atoms with Crippen LogP contribution in [0.5, 0.6) is 0 Å². The van der Waals surface area contributed by atoms with Crippen molar-refractivity contribution in [3.63, 3.8) is 0 Å². The van der Waals surface area contributed by atoms with Crippen LogP contribution in [-0.4, -0.2) is 41.0 Å². The standard InChI is InChI=1S/C26H37NO5/c1-15-12-16(2)20(6)32-26(31)22(14-21-10-8-7-9-11-21)27-25(30)19(5)24(29)18(4)23(28)17(3)13-15/h7-11,13,15-16,18-20,22-23,28H,12,14H2,1-6H3,(H,27,30)/b17-13+/t15-,16+,18?,19+,20-,22+,23?/m1/s1. The SMILES string of the molecule is C/C1=C\[C@H](C)C[C@H](C)[C@@H](C)OC(=O)[C@H](Cc2ccccc2)NC(=O)[C@@H](C)C(=O)C(C)C1O. The second-order valence-electron chi connectivity index (χ2n) is 9.35. The van der Waals surface area contributed by atoms with Gasteiger partial charge in [0.25, 0.3) is 0 Å². The van der Waals surface area contributed by atoms with E-state index in [0.29, 0.717) is 5.57 Å². The van der Waals surface area contributed by atoms with Crippen molar-refractivity contribution < 1.29 is 24.2 Å². The van der Waals surface area contributed by atoms with Gasteiger partial charge in [-0.2, -0.15) is 0 Å². The Morgan fingerprint density at radius 3 is 2.28 bits per heavy atom. The van der Waals surface area contributed by atoms with Crippen LogP contribution < -0.4 is 5.32 Å². The minimum Gasteiger partial charge on any atom is -0.461 e. The summed E-state index contributed by atoms with van der Waals surface area (Å²) >= 11 is 0. The number of ether oxygens (including phenoxy) is 1. The molecule has 176 valence electrons. The number of hydrogen-bond donors (Lipinski definition) is 2. The quantitative estimate of drug-likeness (QED) is 0.415. The number of hydrogen-bond acceptors (Lipinski definition) is 5. The molecule has 1 aliphatic heterocycles. The number of ketones is 1. The first-order valence-electron chi connectivity index (χ1n) is 11.5. The zero-order valence-corrected chi connectivity index (χ0v) is 20.0. The zero-order chi connectivity index (χ0) is 24.0. The number of carbonyl (C=O) groups excluding carboxylic acids is 3. The zero-order valence-electron chi connectivity index (χ0n) is 20.0. The van der Waals surface area contributed by atoms with Crippen LogP contribution in [0.3, 0.4) is 0 Å². The van der Waals surface area contributed by atoms with Gasteiger partial charge in [-0.15, -0.1) is 0 Å². The number of esters is 1. The highest BCUT2D eigenvalue weighted by Crippen LogP contribution is 2.24. The molecule has 6 heteroatoms. The fourth-order valence-corrected chi connectivity index (χ4v) is 4.19. The summed E-state index contributed by atoms with van der Waals surface area (Å²) in [6.45, 7) is 10.9. The molecule has 32 heavy (non-hydrogen) atoms. The highest BCUT2D eigenvalue weighted by atomic mass is 16.5. The Bertz CT molecular complexity index is 834. The van der Waals surface area contributed by atoms with E-state index in [1.54, 1.807) is 13.8 Å². The molecule has 1 amide bonds. The summed E-state index contributed by atoms with van der Waals surface area (Å²) in [7, 11) is 0. The third-order valence-corrected chi connectivity index (χ3v) is 6.49. The number of cyclic esters (lactones) is 1. The van der Waals surface area contributed by atoms with Crippen LogP contribution in [0.4, 0.5) is 0 Å². The minimum absolute atomic E-state index is 0.0753. The van der Waals surface area contributed by atoms with Gasteiger partial charge >= 0.3 is 5.97 Å². The summed E-state index contributed by atoms with van der Waals surface area (Å²) in [5.74, 6) is -2.95. The van der Waals surface area contributed by atoms with Crippen molar-refractivity contribution in [3.8, 4) is 0 Å². The topological polar surface area (TPSA) is 92.7 Å². The molecule has 2 unspecified atom stereocenters. The molecule has 1 aromatic rings. The van der Waals surface area contributed by atoms with E-state index >= 15 is 0 Å². The molecule has 0 spiro atoms. The molecule has 0 bridgehead atoms. The molecular weight excluding hydrogens is 406 g/mol. The van der Waals surface area contributed by atoms with Crippen LogP contribution in [0.2, 0.25) is 0 Å². The molecule has 1 aliphatic rings. The molecule has 0 saturated carbocycles. The number of nitrogens with one attached hydrogen (secondary N) is 1. The van der Waals surface area contributed by atoms with Gasteiger partial charge < -0.3 is 15.2 Å². The van der Waals surface area contributed by atoms with Gasteiger partial charge in [-0.1, -0.05) is 57.2 Å². The number of rotatable bonds is 2. The van der Waals surface area contributed by atoms with E-state index in [0.717, 1.165) is 12.0 Å². The van der Waals surface area contributed by atoms with Crippen molar-refractivity contribution in [2.45, 2.75) is 72.6 Å². The third kappa shape index (κ3) is 6.76. The van der Waals surface area contributed by atoms with Crippen molar-refractivity contribution in [2.75, 3.05) is 0 Å². The summed E-state index contributed by atoms with van der Waals surface area (Å²) in [4.78, 5) is 38.8. The van der Waals surface area contributed by atoms with Crippen LogP contribution in [0, 0.1) is 23.7 Å². The summed E-state index contributed by atoms with van der Waals surface area (Å²) in [5, 5.41) is 13.4. The van der Waals surface area contributed by atoms with Crippen molar-refractivity contribution >= 4 is 17.7 Å². The Balaban J connectivity index is 2.37. The lowest BCUT2D eigenvalue weighted by atomic mass is 9.85. The number of aliphatic hydroxyl groups is 1. The van der Waals surface area contributed by atoms with E-state index < -0.39 is 35.9 Å². The largest absolute Gasteiger partial charge is 0.461 e. The molecule has 2 rings (SSSR count). The van der Waals surface area contributed by atoms with Gasteiger partial charge in [-0.05, 0) is 50.2 Å². The fourth-order valence-electron chi connectivity index (χ4n) is 4.19. The van der Waals surface area contributed by atoms with Gasteiger partial charge in [0.2, 0.25) is 5.91 Å². The first-order valence-corrected chi connectivity index (χ1v) is 11.5. The van der Waals surface area contributed by atoms with E-state index in [2.05, 4.69) is 5.32 Å². The maximum Gasteiger partial charge on any atom is 0.329 e. The first kappa shape index (κ1) is 25.8. The Hall–Kier alpha value is -2.47. The van der Waals surface area contributed by atoms with E-state index in [1.165, 1.54) is 6.92 Å². The van der Waals surface area contributed by atoms with Crippen molar-refractivity contribution in [1.29, 1.82) is 0 Å². The summed E-state index contributed by atoms with van der Waals surface area (Å²) < 4.78 is 5.74. The molecule has 7 atom stereocenters. The Morgan fingerprint density at radius 2 is 1.66 bits per heavy atom. The number of Topliss-reactive ketones (excluding diaryl/α,β-unsaturated/α-hetero) is 1. The highest BCUT2D eigenvalue weighted by Gasteiger charge is 2.34. The lowest BCUT2D eigenvalue weighted by molar-refractivity contribution is -0.155. The van der Waals surface area contributed by atoms with E-state index in [4.69, 9.17) is 4.74 Å². The minimum atomic E-state index is -1.00. The molecule has 0 fully saturated rings. The predicted molar refractivity (Wildman–Crippen MR) is 124 cm³/mol. The monoisotopic (exact) mass is 443 g/mol. The molecule has 1 aromatic carbocycles. The predicted octanol–water partition coefficient (Wildman–Crippen LogP) is 3.47. The normalized spacial score (nSPS) is 35.0. The Labute approximate surface area is 191 Å². The number of aliphatic hydroxyl groups excluding tert-OH is 1. The van der Waals surface area contributed by atoms with Gasteiger partial charge in [-0.3, -0.25) is 9.59 Å². The van der Waals surface area contributed by atoms with Crippen LogP contribution in [0.25, 0.3) is 0 Å². The average Bonchev–Trinajstić information content (AvgIpc) is 2.76. The third-order valence-electron chi connectivity index (χ3n) is 6.49. The first-order chi connectivity index (χ1) is 15.0. The van der Waals surface area contributed by atoms with Gasteiger partial charge in [0.1, 0.15) is 12.1 Å². The number of carbonyl (C=O) groups is 3. The lowest BCUT2D eigenvalue weighted by Crippen LogP contribution is -2.48. The molecule has 0 saturated heterocycles. The number of benzene rings is 1. The van der Waals surface area contributed by atoms with Gasteiger partial charge in [-0.25, -0.2) is 4.79 Å². The van der Waals surface area contributed by atoms with E-state index in [1.807, 2.05) is 57.2 Å². The van der Waals surface area contributed by atoms with Crippen LogP contribution in [0.15, 0.2) is 42.0 Å². The smallest absolute Gasteiger partial charge is 0.329 e. The summed E-state index contributed by atoms with van der Waals surface area (Å²) in [6, 6.07) is 8.47. The Kier molecular flexibility index (Phi) is 9.20. The molecule has 0 aromatic heterocycles. The second-order valence-corrected chi connectivity index (χ2v) is 9.35. The fraction of sp³-hybridized carbons (Fsp3) is 0.577. The summed E-state index contributed by atoms with van der Waals surface area (Å²) in [5.41, 5.74) is 1.59. The van der Waals surface area contributed by atoms with Crippen LogP contribution in [0.1, 0.15) is 53.5 Å². The van der Waals surface area contributed by atoms with Crippen molar-refractivity contribution in [3.05, 3.63) is 47.5 Å². The average molecular weight is 444 g/mol. The molecule has 1 heterocycles. The maximum absolute atomic E-state index is 13.0. The van der Waals surface area contributed by atoms with Gasteiger partial charge in [0.15, 0.2) is 5.78 Å². The van der Waals surface area contributed by atoms with E-state index in [-0.39, 0.29) is 30.1 Å². The lowest BCUT2D eigenvalue weighted by Gasteiger charge is -2.26. The summed E-state index contributed by atoms with van der Waals surface area (Å²) in [6.07, 6.45) is 1.68. The molecule has 2 N–H and O–H groups in total. The van der Waals surface area contributed by atoms with E-state index in [9.17, 15) is 19.5 Å².